The van der Waals surface area contributed by atoms with E-state index in [0.717, 1.165) is 6.07 Å². The lowest BCUT2D eigenvalue weighted by atomic mass is 10.2. The molecule has 21 heavy (non-hydrogen) atoms. The van der Waals surface area contributed by atoms with Crippen molar-refractivity contribution >= 4 is 22.6 Å². The average Bonchev–Trinajstić information content (AvgIpc) is 2.84. The first-order chi connectivity index (χ1) is 9.89. The highest BCUT2D eigenvalue weighted by molar-refractivity contribution is 6.32. The molecular formula is C13H6ClF4N3. The number of hydrogen-bond donors (Lipinski definition) is 0. The number of rotatable bonds is 1. The number of aromatic nitrogens is 3. The van der Waals surface area contributed by atoms with Gasteiger partial charge in [0.25, 0.3) is 0 Å². The first kappa shape index (κ1) is 13.8. The van der Waals surface area contributed by atoms with E-state index in [9.17, 15) is 17.6 Å². The molecule has 1 aromatic heterocycles. The Bertz CT molecular complexity index is 826. The number of para-hydroxylation sites is 1. The van der Waals surface area contributed by atoms with Crippen LogP contribution in [-0.4, -0.2) is 15.0 Å². The summed E-state index contributed by atoms with van der Waals surface area (Å²) in [7, 11) is 0. The number of nitrogens with zero attached hydrogens (tertiary/aromatic N) is 3. The fourth-order valence-electron chi connectivity index (χ4n) is 1.97. The van der Waals surface area contributed by atoms with E-state index in [0.29, 0.717) is 17.1 Å². The maximum atomic E-state index is 13.8. The molecule has 2 aromatic carbocycles. The van der Waals surface area contributed by atoms with E-state index >= 15 is 0 Å². The molecule has 3 aromatic rings. The van der Waals surface area contributed by atoms with Crippen LogP contribution in [0.5, 0.6) is 0 Å². The van der Waals surface area contributed by atoms with Gasteiger partial charge in [0.1, 0.15) is 10.5 Å². The zero-order valence-electron chi connectivity index (χ0n) is 10.2. The number of alkyl halides is 3. The minimum Gasteiger partial charge on any atom is -0.211 e. The van der Waals surface area contributed by atoms with E-state index in [-0.39, 0.29) is 5.69 Å². The molecule has 1 heterocycles. The van der Waals surface area contributed by atoms with Gasteiger partial charge < -0.3 is 0 Å². The highest BCUT2D eigenvalue weighted by atomic mass is 35.5. The lowest BCUT2D eigenvalue weighted by Crippen LogP contribution is -2.10. The van der Waals surface area contributed by atoms with Crippen LogP contribution in [-0.2, 0) is 6.18 Å². The topological polar surface area (TPSA) is 30.7 Å². The SMILES string of the molecule is Fc1c(C(F)(F)F)ccc(-n2nnc3ccccc32)c1Cl. The van der Waals surface area contributed by atoms with Crippen LogP contribution in [0.25, 0.3) is 16.7 Å². The third-order valence-electron chi connectivity index (χ3n) is 2.95. The lowest BCUT2D eigenvalue weighted by Gasteiger charge is -2.12. The molecular weight excluding hydrogens is 310 g/mol. The van der Waals surface area contributed by atoms with Gasteiger partial charge >= 0.3 is 6.18 Å². The van der Waals surface area contributed by atoms with Crippen LogP contribution in [0.3, 0.4) is 0 Å². The van der Waals surface area contributed by atoms with Crippen molar-refractivity contribution in [3.05, 3.63) is 52.8 Å². The van der Waals surface area contributed by atoms with Gasteiger partial charge in [-0.05, 0) is 24.3 Å². The van der Waals surface area contributed by atoms with Crippen molar-refractivity contribution in [1.82, 2.24) is 15.0 Å². The summed E-state index contributed by atoms with van der Waals surface area (Å²) in [5, 5.41) is 6.99. The number of fused-ring (bicyclic) bond motifs is 1. The molecule has 3 rings (SSSR count). The smallest absolute Gasteiger partial charge is 0.211 e. The third kappa shape index (κ3) is 2.23. The van der Waals surface area contributed by atoms with Crippen LogP contribution in [0, 0.1) is 5.82 Å². The van der Waals surface area contributed by atoms with Crippen molar-refractivity contribution in [3.8, 4) is 5.69 Å². The molecule has 0 aliphatic rings. The molecule has 3 nitrogen and oxygen atoms in total. The standard InChI is InChI=1S/C13H6ClF4N3/c14-11-10(6-5-7(12(11)15)13(16,17)18)21-9-4-2-1-3-8(9)19-20-21/h1-6H. The average molecular weight is 316 g/mol. The quantitative estimate of drug-likeness (QED) is 0.629. The maximum absolute atomic E-state index is 13.8. The Morgan fingerprint density at radius 3 is 2.48 bits per heavy atom. The van der Waals surface area contributed by atoms with Crippen LogP contribution in [0.15, 0.2) is 36.4 Å². The van der Waals surface area contributed by atoms with Crippen molar-refractivity contribution < 1.29 is 17.6 Å². The van der Waals surface area contributed by atoms with E-state index < -0.39 is 22.6 Å². The van der Waals surface area contributed by atoms with Gasteiger partial charge in [0.15, 0.2) is 5.82 Å². The summed E-state index contributed by atoms with van der Waals surface area (Å²) < 4.78 is 52.9. The molecule has 0 radical (unpaired) electrons. The molecule has 0 unspecified atom stereocenters. The molecule has 0 aliphatic heterocycles. The molecule has 0 N–H and O–H groups in total. The van der Waals surface area contributed by atoms with Crippen LogP contribution in [0.4, 0.5) is 17.6 Å². The van der Waals surface area contributed by atoms with Gasteiger partial charge in [-0.1, -0.05) is 28.9 Å². The zero-order chi connectivity index (χ0) is 15.2. The van der Waals surface area contributed by atoms with Crippen LogP contribution in [0.2, 0.25) is 5.02 Å². The predicted octanol–water partition coefficient (Wildman–Crippen LogP) is 4.23. The molecule has 8 heteroatoms. The van der Waals surface area contributed by atoms with E-state index in [1.807, 2.05) is 0 Å². The van der Waals surface area contributed by atoms with Crippen LogP contribution >= 0.6 is 11.6 Å². The molecule has 0 bridgehead atoms. The Morgan fingerprint density at radius 2 is 1.76 bits per heavy atom. The lowest BCUT2D eigenvalue weighted by molar-refractivity contribution is -0.139. The molecule has 108 valence electrons. The first-order valence-electron chi connectivity index (χ1n) is 5.75. The van der Waals surface area contributed by atoms with E-state index in [2.05, 4.69) is 10.3 Å². The summed E-state index contributed by atoms with van der Waals surface area (Å²) in [6, 6.07) is 8.46. The minimum absolute atomic E-state index is 0.00383. The van der Waals surface area contributed by atoms with Crippen molar-refractivity contribution in [2.45, 2.75) is 6.18 Å². The number of benzene rings is 2. The molecule has 0 fully saturated rings. The minimum atomic E-state index is -4.81. The van der Waals surface area contributed by atoms with Gasteiger partial charge in [-0.15, -0.1) is 5.10 Å². The van der Waals surface area contributed by atoms with Crippen LogP contribution < -0.4 is 0 Å². The molecule has 0 amide bonds. The second-order valence-corrected chi connectivity index (χ2v) is 4.63. The van der Waals surface area contributed by atoms with Gasteiger partial charge in [-0.2, -0.15) is 13.2 Å². The summed E-state index contributed by atoms with van der Waals surface area (Å²) in [4.78, 5) is 0. The zero-order valence-corrected chi connectivity index (χ0v) is 11.0. The molecule has 0 saturated carbocycles. The number of hydrogen-bond acceptors (Lipinski definition) is 2. The van der Waals surface area contributed by atoms with Crippen molar-refractivity contribution in [3.63, 3.8) is 0 Å². The Kier molecular flexibility index (Phi) is 3.09. The van der Waals surface area contributed by atoms with E-state index in [4.69, 9.17) is 11.6 Å². The highest BCUT2D eigenvalue weighted by Gasteiger charge is 2.35. The fourth-order valence-corrected chi connectivity index (χ4v) is 2.21. The van der Waals surface area contributed by atoms with Crippen LogP contribution in [0.1, 0.15) is 5.56 Å². The Balaban J connectivity index is 2.23. The molecule has 0 aliphatic carbocycles. The molecule has 0 saturated heterocycles. The molecule has 0 spiro atoms. The second kappa shape index (κ2) is 4.70. The second-order valence-electron chi connectivity index (χ2n) is 4.25. The summed E-state index contributed by atoms with van der Waals surface area (Å²) >= 11 is 5.73. The normalized spacial score (nSPS) is 12.0. The Labute approximate surface area is 120 Å². The monoisotopic (exact) mass is 315 g/mol. The van der Waals surface area contributed by atoms with Gasteiger partial charge in [0.2, 0.25) is 0 Å². The summed E-state index contributed by atoms with van der Waals surface area (Å²) in [6.07, 6.45) is -4.81. The van der Waals surface area contributed by atoms with Crippen molar-refractivity contribution in [2.75, 3.05) is 0 Å². The Morgan fingerprint density at radius 1 is 1.05 bits per heavy atom. The van der Waals surface area contributed by atoms with E-state index in [1.54, 1.807) is 24.3 Å². The van der Waals surface area contributed by atoms with Gasteiger partial charge in [-0.25, -0.2) is 9.07 Å². The van der Waals surface area contributed by atoms with Gasteiger partial charge in [-0.3, -0.25) is 0 Å². The predicted molar refractivity (Wildman–Crippen MR) is 68.8 cm³/mol. The van der Waals surface area contributed by atoms with E-state index in [1.165, 1.54) is 4.68 Å². The Hall–Kier alpha value is -2.15. The summed E-state index contributed by atoms with van der Waals surface area (Å²) in [6.45, 7) is 0. The first-order valence-corrected chi connectivity index (χ1v) is 6.13. The van der Waals surface area contributed by atoms with Crippen molar-refractivity contribution in [2.24, 2.45) is 0 Å². The summed E-state index contributed by atoms with van der Waals surface area (Å²) in [5.41, 5.74) is -0.385. The fraction of sp³-hybridized carbons (Fsp3) is 0.0769. The highest BCUT2D eigenvalue weighted by Crippen LogP contribution is 2.36. The third-order valence-corrected chi connectivity index (χ3v) is 3.31. The summed E-state index contributed by atoms with van der Waals surface area (Å²) in [5.74, 6) is -1.53. The van der Waals surface area contributed by atoms with Gasteiger partial charge in [0.05, 0.1) is 16.8 Å². The largest absolute Gasteiger partial charge is 0.419 e. The van der Waals surface area contributed by atoms with Gasteiger partial charge in [0, 0.05) is 0 Å². The van der Waals surface area contributed by atoms with Crippen molar-refractivity contribution in [1.29, 1.82) is 0 Å². The number of halogens is 5. The molecule has 0 atom stereocenters. The maximum Gasteiger partial charge on any atom is 0.419 e.